The third kappa shape index (κ3) is 4.47. The Balaban J connectivity index is 1.22. The van der Waals surface area contributed by atoms with E-state index in [1.807, 2.05) is 25.4 Å². The number of fused-ring (bicyclic) bond motifs is 1. The molecule has 162 valence electrons. The average molecular weight is 429 g/mol. The Morgan fingerprint density at radius 1 is 1.03 bits per heavy atom. The van der Waals surface area contributed by atoms with Crippen LogP contribution in [0.2, 0.25) is 0 Å². The van der Waals surface area contributed by atoms with Crippen molar-refractivity contribution in [2.45, 2.75) is 19.4 Å². The number of aryl methyl sites for hydroxylation is 1. The Morgan fingerprint density at radius 3 is 2.62 bits per heavy atom. The third-order valence-corrected chi connectivity index (χ3v) is 5.82. The average Bonchev–Trinajstić information content (AvgIpc) is 3.26. The number of hydrogen-bond donors (Lipinski definition) is 1. The molecular weight excluding hydrogens is 404 g/mol. The predicted molar refractivity (Wildman–Crippen MR) is 120 cm³/mol. The molecule has 0 saturated carbocycles. The monoisotopic (exact) mass is 428 g/mol. The van der Waals surface area contributed by atoms with Gasteiger partial charge < -0.3 is 5.32 Å². The highest BCUT2D eigenvalue weighted by Gasteiger charge is 2.25. The molecule has 1 saturated heterocycles. The van der Waals surface area contributed by atoms with E-state index in [9.17, 15) is 4.79 Å². The zero-order chi connectivity index (χ0) is 21.9. The molecule has 1 aliphatic heterocycles. The summed E-state index contributed by atoms with van der Waals surface area (Å²) >= 11 is 0. The van der Waals surface area contributed by atoms with Gasteiger partial charge in [0.1, 0.15) is 5.82 Å². The van der Waals surface area contributed by atoms with E-state index in [0.717, 1.165) is 60.2 Å². The second-order valence-electron chi connectivity index (χ2n) is 8.13. The Bertz CT molecular complexity index is 1230. The number of rotatable bonds is 5. The molecule has 9 nitrogen and oxygen atoms in total. The first-order valence-corrected chi connectivity index (χ1v) is 10.7. The number of carbonyl (C=O) groups excluding carboxylic acids is 1. The molecule has 1 fully saturated rings. The highest BCUT2D eigenvalue weighted by atomic mass is 16.1. The Hall–Kier alpha value is -3.72. The van der Waals surface area contributed by atoms with E-state index in [1.54, 1.807) is 41.9 Å². The maximum atomic E-state index is 12.8. The van der Waals surface area contributed by atoms with Gasteiger partial charge in [-0.2, -0.15) is 5.10 Å². The van der Waals surface area contributed by atoms with Gasteiger partial charge in [-0.15, -0.1) is 0 Å². The minimum atomic E-state index is -0.0194. The molecular formula is C23H24N8O. The fraction of sp³-hybridized carbons (Fsp3) is 0.304. The first-order valence-electron chi connectivity index (χ1n) is 10.7. The largest absolute Gasteiger partial charge is 0.310 e. The second-order valence-corrected chi connectivity index (χ2v) is 8.13. The van der Waals surface area contributed by atoms with E-state index in [0.29, 0.717) is 5.82 Å². The van der Waals surface area contributed by atoms with Crippen molar-refractivity contribution in [1.29, 1.82) is 0 Å². The number of likely N-dealkylation sites (tertiary alicyclic amines) is 1. The van der Waals surface area contributed by atoms with Gasteiger partial charge in [0.2, 0.25) is 5.91 Å². The lowest BCUT2D eigenvalue weighted by Gasteiger charge is -2.30. The van der Waals surface area contributed by atoms with Crippen LogP contribution < -0.4 is 5.32 Å². The number of aromatic nitrogens is 6. The van der Waals surface area contributed by atoms with E-state index in [1.165, 1.54) is 0 Å². The third-order valence-electron chi connectivity index (χ3n) is 5.82. The van der Waals surface area contributed by atoms with Gasteiger partial charge in [0.25, 0.3) is 0 Å². The van der Waals surface area contributed by atoms with Crippen LogP contribution in [-0.2, 0) is 18.4 Å². The number of piperidine rings is 1. The normalized spacial score (nSPS) is 15.2. The first-order chi connectivity index (χ1) is 15.6. The number of hydrogen-bond acceptors (Lipinski definition) is 7. The van der Waals surface area contributed by atoms with Gasteiger partial charge in [0, 0.05) is 67.6 Å². The maximum absolute atomic E-state index is 12.8. The molecule has 32 heavy (non-hydrogen) atoms. The highest BCUT2D eigenvalue weighted by molar-refractivity contribution is 5.94. The van der Waals surface area contributed by atoms with Crippen molar-refractivity contribution in [3.8, 4) is 11.3 Å². The van der Waals surface area contributed by atoms with Crippen LogP contribution in [0.5, 0.6) is 0 Å². The molecule has 0 spiro atoms. The van der Waals surface area contributed by atoms with Gasteiger partial charge in [-0.3, -0.25) is 29.3 Å². The van der Waals surface area contributed by atoms with Crippen molar-refractivity contribution in [3.05, 3.63) is 61.2 Å². The summed E-state index contributed by atoms with van der Waals surface area (Å²) in [5, 5.41) is 9.11. The quantitative estimate of drug-likeness (QED) is 0.521. The fourth-order valence-corrected chi connectivity index (χ4v) is 4.04. The SMILES string of the molecule is Cn1cc(-c2cc3cc(NC(=O)C4CCN(Cc5cnccn5)CC4)ncc3cn2)cn1. The highest BCUT2D eigenvalue weighted by Crippen LogP contribution is 2.24. The van der Waals surface area contributed by atoms with Gasteiger partial charge in [-0.05, 0) is 43.5 Å². The molecule has 0 atom stereocenters. The minimum absolute atomic E-state index is 0.0194. The molecule has 1 aliphatic rings. The molecule has 5 rings (SSSR count). The van der Waals surface area contributed by atoms with Crippen LogP contribution in [0.1, 0.15) is 18.5 Å². The minimum Gasteiger partial charge on any atom is -0.310 e. The lowest BCUT2D eigenvalue weighted by atomic mass is 9.96. The van der Waals surface area contributed by atoms with Crippen molar-refractivity contribution < 1.29 is 4.79 Å². The van der Waals surface area contributed by atoms with Crippen molar-refractivity contribution in [1.82, 2.24) is 34.6 Å². The van der Waals surface area contributed by atoms with Crippen molar-refractivity contribution >= 4 is 22.5 Å². The molecule has 0 aromatic carbocycles. The standard InChI is InChI=1S/C23H24N8O/c1-30-14-19(12-28-30)21-8-17-9-22(27-11-18(17)10-26-21)29-23(32)16-2-6-31(7-3-16)15-20-13-24-4-5-25-20/h4-5,8-14,16H,2-3,6-7,15H2,1H3,(H,27,29,32). The summed E-state index contributed by atoms with van der Waals surface area (Å²) in [7, 11) is 1.88. The number of pyridine rings is 2. The maximum Gasteiger partial charge on any atom is 0.228 e. The Kier molecular flexibility index (Phi) is 5.55. The smallest absolute Gasteiger partial charge is 0.228 e. The van der Waals surface area contributed by atoms with E-state index in [4.69, 9.17) is 0 Å². The molecule has 1 N–H and O–H groups in total. The zero-order valence-corrected chi connectivity index (χ0v) is 17.8. The topological polar surface area (TPSA) is 102 Å². The lowest BCUT2D eigenvalue weighted by molar-refractivity contribution is -0.121. The summed E-state index contributed by atoms with van der Waals surface area (Å²) in [6.07, 6.45) is 14.1. The molecule has 4 aromatic heterocycles. The Labute approximate surface area is 185 Å². The van der Waals surface area contributed by atoms with Crippen LogP contribution >= 0.6 is 0 Å². The number of nitrogens with zero attached hydrogens (tertiary/aromatic N) is 7. The molecule has 0 unspecified atom stereocenters. The van der Waals surface area contributed by atoms with Gasteiger partial charge in [0.05, 0.1) is 17.6 Å². The molecule has 0 bridgehead atoms. The molecule has 9 heteroatoms. The van der Waals surface area contributed by atoms with E-state index >= 15 is 0 Å². The summed E-state index contributed by atoms with van der Waals surface area (Å²) in [6.45, 7) is 2.49. The van der Waals surface area contributed by atoms with Gasteiger partial charge in [0.15, 0.2) is 0 Å². The van der Waals surface area contributed by atoms with Crippen LogP contribution in [0.4, 0.5) is 5.82 Å². The number of nitrogens with one attached hydrogen (secondary N) is 1. The van der Waals surface area contributed by atoms with E-state index in [-0.39, 0.29) is 11.8 Å². The van der Waals surface area contributed by atoms with Gasteiger partial charge in [-0.1, -0.05) is 0 Å². The number of anilines is 1. The number of carbonyl (C=O) groups is 1. The molecule has 0 radical (unpaired) electrons. The van der Waals surface area contributed by atoms with Crippen molar-refractivity contribution in [2.75, 3.05) is 18.4 Å². The molecule has 4 aromatic rings. The van der Waals surface area contributed by atoms with Crippen LogP contribution in [0, 0.1) is 5.92 Å². The van der Waals surface area contributed by atoms with Gasteiger partial charge in [-0.25, -0.2) is 4.98 Å². The summed E-state index contributed by atoms with van der Waals surface area (Å²) < 4.78 is 1.75. The first kappa shape index (κ1) is 20.2. The zero-order valence-electron chi connectivity index (χ0n) is 17.8. The Morgan fingerprint density at radius 2 is 1.88 bits per heavy atom. The summed E-state index contributed by atoms with van der Waals surface area (Å²) in [6, 6.07) is 3.90. The van der Waals surface area contributed by atoms with Crippen LogP contribution in [0.25, 0.3) is 22.0 Å². The predicted octanol–water partition coefficient (Wildman–Crippen LogP) is 2.67. The van der Waals surface area contributed by atoms with Crippen LogP contribution in [0.3, 0.4) is 0 Å². The van der Waals surface area contributed by atoms with Crippen LogP contribution in [0.15, 0.2) is 55.5 Å². The van der Waals surface area contributed by atoms with Crippen LogP contribution in [-0.4, -0.2) is 53.6 Å². The van der Waals surface area contributed by atoms with Crippen molar-refractivity contribution in [3.63, 3.8) is 0 Å². The summed E-state index contributed by atoms with van der Waals surface area (Å²) in [5.74, 6) is 0.569. The molecule has 5 heterocycles. The fourth-order valence-electron chi connectivity index (χ4n) is 4.04. The lowest BCUT2D eigenvalue weighted by Crippen LogP contribution is -2.38. The van der Waals surface area contributed by atoms with Crippen molar-refractivity contribution in [2.24, 2.45) is 13.0 Å². The summed E-state index contributed by atoms with van der Waals surface area (Å²) in [4.78, 5) is 32.5. The second kappa shape index (κ2) is 8.80. The molecule has 1 amide bonds. The summed E-state index contributed by atoms with van der Waals surface area (Å²) in [5.41, 5.74) is 2.74. The molecule has 0 aliphatic carbocycles. The van der Waals surface area contributed by atoms with Gasteiger partial charge >= 0.3 is 0 Å². The van der Waals surface area contributed by atoms with E-state index in [2.05, 4.69) is 35.3 Å². The van der Waals surface area contributed by atoms with E-state index < -0.39 is 0 Å². The number of amides is 1.